The molecule has 0 bridgehead atoms. The number of aliphatic carboxylic acids is 2. The largest absolute Gasteiger partial charge is 0.489 e. The quantitative estimate of drug-likeness (QED) is 0.142. The molecule has 4 rings (SSSR count). The number of carboxylic acids is 2. The number of benzene rings is 4. The summed E-state index contributed by atoms with van der Waals surface area (Å²) in [6.07, 6.45) is 3.17. The molecule has 0 heterocycles. The molecule has 0 aliphatic carbocycles. The first kappa shape index (κ1) is 32.1. The summed E-state index contributed by atoms with van der Waals surface area (Å²) < 4.78 is 5.91. The molecule has 0 aliphatic rings. The van der Waals surface area contributed by atoms with Crippen molar-refractivity contribution in [1.29, 1.82) is 0 Å². The fraction of sp³-hybridized carbons (Fsp3) is 0.200. The average molecular weight is 586 g/mol. The highest BCUT2D eigenvalue weighted by atomic mass is 35.5. The van der Waals surface area contributed by atoms with Crippen LogP contribution in [0.3, 0.4) is 0 Å². The van der Waals surface area contributed by atoms with Crippen molar-refractivity contribution in [2.75, 3.05) is 6.54 Å². The van der Waals surface area contributed by atoms with Crippen molar-refractivity contribution >= 4 is 23.5 Å². The van der Waals surface area contributed by atoms with Gasteiger partial charge < -0.3 is 20.3 Å². The second-order valence-corrected chi connectivity index (χ2v) is 10.2. The third-order valence-electron chi connectivity index (χ3n) is 6.48. The van der Waals surface area contributed by atoms with Gasteiger partial charge in [-0.3, -0.25) is 0 Å². The van der Waals surface area contributed by atoms with Crippen LogP contribution in [0.25, 0.3) is 0 Å². The zero-order valence-corrected chi connectivity index (χ0v) is 24.3. The molecule has 0 radical (unpaired) electrons. The summed E-state index contributed by atoms with van der Waals surface area (Å²) in [5.74, 6) is -1.23. The highest BCUT2D eigenvalue weighted by Crippen LogP contribution is 2.27. The first-order valence-electron chi connectivity index (χ1n) is 13.7. The Bertz CT molecular complexity index is 1340. The van der Waals surface area contributed by atoms with E-state index in [0.29, 0.717) is 30.7 Å². The van der Waals surface area contributed by atoms with Crippen molar-refractivity contribution in [1.82, 2.24) is 5.32 Å². The summed E-state index contributed by atoms with van der Waals surface area (Å²) in [5, 5.41) is 20.1. The molecule has 0 saturated carbocycles. The first-order valence-corrected chi connectivity index (χ1v) is 14.1. The van der Waals surface area contributed by atoms with Crippen LogP contribution in [0.1, 0.15) is 41.5 Å². The molecule has 4 aromatic carbocycles. The number of hydrogen-bond acceptors (Lipinski definition) is 4. The summed E-state index contributed by atoms with van der Waals surface area (Å²) >= 11 is 5.94. The van der Waals surface area contributed by atoms with E-state index in [1.165, 1.54) is 16.7 Å². The lowest BCUT2D eigenvalue weighted by molar-refractivity contribution is -0.134. The van der Waals surface area contributed by atoms with Crippen molar-refractivity contribution in [2.45, 2.75) is 38.3 Å². The molecular formula is C35H36ClNO5. The van der Waals surface area contributed by atoms with Crippen LogP contribution >= 0.6 is 11.6 Å². The molecule has 6 nitrogen and oxygen atoms in total. The van der Waals surface area contributed by atoms with E-state index in [9.17, 15) is 9.59 Å². The van der Waals surface area contributed by atoms with Crippen LogP contribution < -0.4 is 10.1 Å². The van der Waals surface area contributed by atoms with E-state index < -0.39 is 11.9 Å². The normalized spacial score (nSPS) is 11.5. The Hall–Kier alpha value is -4.39. The summed E-state index contributed by atoms with van der Waals surface area (Å²) in [6, 6.07) is 38.2. The predicted molar refractivity (Wildman–Crippen MR) is 167 cm³/mol. The van der Waals surface area contributed by atoms with Crippen LogP contribution in [-0.2, 0) is 22.6 Å². The summed E-state index contributed by atoms with van der Waals surface area (Å²) in [4.78, 5) is 19.1. The number of carboxylic acid groups (broad SMARTS) is 2. The number of ether oxygens (including phenoxy) is 1. The third-order valence-corrected chi connectivity index (χ3v) is 6.73. The highest BCUT2D eigenvalue weighted by molar-refractivity contribution is 6.30. The SMILES string of the molecule is CC(Cc1ccc(OCc2ccc(Cl)cc2)cc1)NCCC(c1ccccc1)c1ccccc1.O=C(O)/C=C\C(=O)O. The Balaban J connectivity index is 0.000000531. The average Bonchev–Trinajstić information content (AvgIpc) is 3.00. The fourth-order valence-electron chi connectivity index (χ4n) is 4.41. The Labute approximate surface area is 252 Å². The molecule has 0 aromatic heterocycles. The van der Waals surface area contributed by atoms with Crippen LogP contribution in [0, 0.1) is 0 Å². The first-order chi connectivity index (χ1) is 20.3. The molecule has 1 unspecified atom stereocenters. The smallest absolute Gasteiger partial charge is 0.328 e. The van der Waals surface area contributed by atoms with Gasteiger partial charge in [-0.05, 0) is 72.8 Å². The van der Waals surface area contributed by atoms with E-state index in [0.717, 1.165) is 35.7 Å². The lowest BCUT2D eigenvalue weighted by Gasteiger charge is -2.20. The number of nitrogens with one attached hydrogen (secondary N) is 1. The molecule has 7 heteroatoms. The summed E-state index contributed by atoms with van der Waals surface area (Å²) in [6.45, 7) is 3.77. The van der Waals surface area contributed by atoms with Gasteiger partial charge >= 0.3 is 11.9 Å². The minimum absolute atomic E-state index is 0.396. The number of rotatable bonds is 13. The van der Waals surface area contributed by atoms with Gasteiger partial charge in [-0.1, -0.05) is 96.5 Å². The van der Waals surface area contributed by atoms with Crippen LogP contribution in [0.15, 0.2) is 121 Å². The Morgan fingerprint density at radius 1 is 0.762 bits per heavy atom. The summed E-state index contributed by atoms with van der Waals surface area (Å²) in [5.41, 5.74) is 5.16. The molecule has 0 aliphatic heterocycles. The van der Waals surface area contributed by atoms with Gasteiger partial charge in [-0.2, -0.15) is 0 Å². The molecule has 42 heavy (non-hydrogen) atoms. The van der Waals surface area contributed by atoms with E-state index in [-0.39, 0.29) is 0 Å². The van der Waals surface area contributed by atoms with E-state index in [1.54, 1.807) is 0 Å². The second-order valence-electron chi connectivity index (χ2n) is 9.79. The van der Waals surface area contributed by atoms with Gasteiger partial charge in [0, 0.05) is 29.1 Å². The molecule has 4 aromatic rings. The highest BCUT2D eigenvalue weighted by Gasteiger charge is 2.14. The van der Waals surface area contributed by atoms with Gasteiger partial charge in [0.25, 0.3) is 0 Å². The van der Waals surface area contributed by atoms with E-state index in [4.69, 9.17) is 26.6 Å². The summed E-state index contributed by atoms with van der Waals surface area (Å²) in [7, 11) is 0. The Kier molecular flexibility index (Phi) is 13.3. The van der Waals surface area contributed by atoms with Crippen molar-refractivity contribution in [2.24, 2.45) is 0 Å². The van der Waals surface area contributed by atoms with Crippen LogP contribution in [0.5, 0.6) is 5.75 Å². The lowest BCUT2D eigenvalue weighted by Crippen LogP contribution is -2.30. The maximum atomic E-state index is 9.55. The minimum atomic E-state index is -1.26. The Morgan fingerprint density at radius 3 is 1.76 bits per heavy atom. The number of carbonyl (C=O) groups is 2. The van der Waals surface area contributed by atoms with E-state index >= 15 is 0 Å². The zero-order chi connectivity index (χ0) is 30.2. The van der Waals surface area contributed by atoms with Gasteiger partial charge in [-0.15, -0.1) is 0 Å². The molecule has 218 valence electrons. The maximum Gasteiger partial charge on any atom is 0.328 e. The van der Waals surface area contributed by atoms with Crippen molar-refractivity contribution in [3.8, 4) is 5.75 Å². The zero-order valence-electron chi connectivity index (χ0n) is 23.5. The van der Waals surface area contributed by atoms with Crippen LogP contribution in [0.4, 0.5) is 0 Å². The van der Waals surface area contributed by atoms with Crippen LogP contribution in [0.2, 0.25) is 5.02 Å². The molecule has 3 N–H and O–H groups in total. The van der Waals surface area contributed by atoms with Crippen molar-refractivity contribution in [3.63, 3.8) is 0 Å². The lowest BCUT2D eigenvalue weighted by atomic mass is 9.88. The number of hydrogen-bond donors (Lipinski definition) is 3. The predicted octanol–water partition coefficient (Wildman–Crippen LogP) is 7.37. The molecule has 0 fully saturated rings. The molecule has 0 saturated heterocycles. The van der Waals surface area contributed by atoms with Gasteiger partial charge in [0.1, 0.15) is 12.4 Å². The number of halogens is 1. The van der Waals surface area contributed by atoms with Gasteiger partial charge in [0.2, 0.25) is 0 Å². The molecule has 0 spiro atoms. The van der Waals surface area contributed by atoms with Crippen molar-refractivity contribution in [3.05, 3.63) is 149 Å². The Morgan fingerprint density at radius 2 is 1.26 bits per heavy atom. The van der Waals surface area contributed by atoms with Crippen LogP contribution in [-0.4, -0.2) is 34.7 Å². The third kappa shape index (κ3) is 12.0. The molecule has 0 amide bonds. The topological polar surface area (TPSA) is 95.9 Å². The fourth-order valence-corrected chi connectivity index (χ4v) is 4.53. The standard InChI is InChI=1S/C31H32ClNO.C4H4O4/c1-24(22-25-14-18-30(19-15-25)34-23-26-12-16-29(32)17-13-26)33-21-20-31(27-8-4-2-5-9-27)28-10-6-3-7-11-28;5-3(6)1-2-4(7)8/h2-19,24,31,33H,20-23H2,1H3;1-2H,(H,5,6)(H,7,8)/b;2-1-. The van der Waals surface area contributed by atoms with E-state index in [1.807, 2.05) is 24.3 Å². The van der Waals surface area contributed by atoms with Gasteiger partial charge in [0.05, 0.1) is 0 Å². The second kappa shape index (κ2) is 17.4. The van der Waals surface area contributed by atoms with Gasteiger partial charge in [0.15, 0.2) is 0 Å². The maximum absolute atomic E-state index is 9.55. The van der Waals surface area contributed by atoms with Gasteiger partial charge in [-0.25, -0.2) is 9.59 Å². The minimum Gasteiger partial charge on any atom is -0.489 e. The molecule has 1 atom stereocenters. The van der Waals surface area contributed by atoms with E-state index in [2.05, 4.69) is 97.2 Å². The monoisotopic (exact) mass is 585 g/mol. The van der Waals surface area contributed by atoms with Crippen molar-refractivity contribution < 1.29 is 24.5 Å². The molecular weight excluding hydrogens is 550 g/mol.